The molecule has 0 saturated carbocycles. The van der Waals surface area contributed by atoms with Gasteiger partial charge < -0.3 is 5.11 Å². The van der Waals surface area contributed by atoms with Crippen molar-refractivity contribution in [3.63, 3.8) is 0 Å². The highest BCUT2D eigenvalue weighted by atomic mass is 16.3. The first-order valence-electron chi connectivity index (χ1n) is 4.68. The Balaban J connectivity index is 2.45. The van der Waals surface area contributed by atoms with Crippen LogP contribution in [0.15, 0.2) is 24.3 Å². The maximum absolute atomic E-state index is 9.74. The molecule has 4 nitrogen and oxygen atoms in total. The van der Waals surface area contributed by atoms with Crippen LogP contribution in [0.5, 0.6) is 0 Å². The standard InChI is InChI=1S/C10H13N3O/c1-7(2)10(14)13-11-8-5-3-4-6-9(8)12-13/h3-7,10,14H,1-2H3/t10-/m1/s1. The molecule has 0 fully saturated rings. The lowest BCUT2D eigenvalue weighted by molar-refractivity contribution is 0.0324. The van der Waals surface area contributed by atoms with E-state index in [-0.39, 0.29) is 5.92 Å². The molecule has 0 aliphatic heterocycles. The summed E-state index contributed by atoms with van der Waals surface area (Å²) < 4.78 is 0. The van der Waals surface area contributed by atoms with Crippen molar-refractivity contribution in [2.45, 2.75) is 20.1 Å². The molecule has 14 heavy (non-hydrogen) atoms. The summed E-state index contributed by atoms with van der Waals surface area (Å²) in [5.74, 6) is 0.108. The van der Waals surface area contributed by atoms with Crippen LogP contribution < -0.4 is 0 Å². The van der Waals surface area contributed by atoms with Crippen molar-refractivity contribution in [1.29, 1.82) is 0 Å². The van der Waals surface area contributed by atoms with Crippen molar-refractivity contribution in [3.8, 4) is 0 Å². The third-order valence-corrected chi connectivity index (χ3v) is 2.14. The van der Waals surface area contributed by atoms with Crippen LogP contribution >= 0.6 is 0 Å². The second-order valence-corrected chi connectivity index (χ2v) is 3.67. The fraction of sp³-hybridized carbons (Fsp3) is 0.400. The Labute approximate surface area is 82.2 Å². The lowest BCUT2D eigenvalue weighted by atomic mass is 10.2. The zero-order chi connectivity index (χ0) is 10.1. The molecule has 4 heteroatoms. The van der Waals surface area contributed by atoms with Crippen molar-refractivity contribution >= 4 is 11.0 Å². The van der Waals surface area contributed by atoms with Crippen LogP contribution in [0.4, 0.5) is 0 Å². The minimum atomic E-state index is -0.651. The molecule has 2 aromatic rings. The number of aromatic nitrogens is 3. The van der Waals surface area contributed by atoms with E-state index in [0.29, 0.717) is 0 Å². The molecule has 2 rings (SSSR count). The van der Waals surface area contributed by atoms with Crippen molar-refractivity contribution in [1.82, 2.24) is 15.0 Å². The van der Waals surface area contributed by atoms with Crippen LogP contribution in [0.3, 0.4) is 0 Å². The van der Waals surface area contributed by atoms with E-state index in [4.69, 9.17) is 0 Å². The zero-order valence-corrected chi connectivity index (χ0v) is 8.25. The van der Waals surface area contributed by atoms with E-state index < -0.39 is 6.23 Å². The van der Waals surface area contributed by atoms with Gasteiger partial charge in [0.1, 0.15) is 11.0 Å². The summed E-state index contributed by atoms with van der Waals surface area (Å²) in [5, 5.41) is 18.1. The minimum Gasteiger partial charge on any atom is -0.370 e. The van der Waals surface area contributed by atoms with Gasteiger partial charge in [-0.15, -0.1) is 0 Å². The van der Waals surface area contributed by atoms with Gasteiger partial charge in [0.05, 0.1) is 0 Å². The Morgan fingerprint density at radius 2 is 1.64 bits per heavy atom. The molecular weight excluding hydrogens is 178 g/mol. The molecule has 1 N–H and O–H groups in total. The van der Waals surface area contributed by atoms with E-state index in [1.54, 1.807) is 0 Å². The van der Waals surface area contributed by atoms with Gasteiger partial charge >= 0.3 is 0 Å². The molecule has 1 atom stereocenters. The molecule has 0 amide bonds. The fourth-order valence-electron chi connectivity index (χ4n) is 1.26. The Kier molecular flexibility index (Phi) is 2.21. The van der Waals surface area contributed by atoms with E-state index >= 15 is 0 Å². The summed E-state index contributed by atoms with van der Waals surface area (Å²) in [6, 6.07) is 7.57. The first kappa shape index (κ1) is 9.15. The summed E-state index contributed by atoms with van der Waals surface area (Å²) in [7, 11) is 0. The number of aliphatic hydroxyl groups is 1. The van der Waals surface area contributed by atoms with Crippen molar-refractivity contribution in [3.05, 3.63) is 24.3 Å². The van der Waals surface area contributed by atoms with Crippen LogP contribution in [-0.2, 0) is 0 Å². The highest BCUT2D eigenvalue weighted by Crippen LogP contribution is 2.14. The molecule has 0 spiro atoms. The molecular formula is C10H13N3O. The number of nitrogens with zero attached hydrogens (tertiary/aromatic N) is 3. The minimum absolute atomic E-state index is 0.108. The Bertz CT molecular complexity index is 403. The monoisotopic (exact) mass is 191 g/mol. The summed E-state index contributed by atoms with van der Waals surface area (Å²) in [5.41, 5.74) is 1.62. The number of benzene rings is 1. The third kappa shape index (κ3) is 1.48. The average Bonchev–Trinajstić information content (AvgIpc) is 2.59. The smallest absolute Gasteiger partial charge is 0.168 e. The van der Waals surface area contributed by atoms with Gasteiger partial charge in [0.2, 0.25) is 0 Å². The number of hydrogen-bond donors (Lipinski definition) is 1. The zero-order valence-electron chi connectivity index (χ0n) is 8.25. The van der Waals surface area contributed by atoms with Crippen molar-refractivity contribution in [2.75, 3.05) is 0 Å². The first-order chi connectivity index (χ1) is 6.68. The molecule has 0 radical (unpaired) electrons. The lowest BCUT2D eigenvalue weighted by Crippen LogP contribution is -2.16. The number of aliphatic hydroxyl groups excluding tert-OH is 1. The highest BCUT2D eigenvalue weighted by Gasteiger charge is 2.14. The molecule has 0 aliphatic rings. The predicted octanol–water partition coefficient (Wildman–Crippen LogP) is 1.58. The van der Waals surface area contributed by atoms with Crippen molar-refractivity contribution in [2.24, 2.45) is 5.92 Å². The fourth-order valence-corrected chi connectivity index (χ4v) is 1.26. The highest BCUT2D eigenvalue weighted by molar-refractivity contribution is 5.72. The molecule has 1 aromatic heterocycles. The molecule has 0 saturated heterocycles. The van der Waals surface area contributed by atoms with E-state index in [9.17, 15) is 5.11 Å². The summed E-state index contributed by atoms with van der Waals surface area (Å²) in [4.78, 5) is 1.37. The summed E-state index contributed by atoms with van der Waals surface area (Å²) in [6.45, 7) is 3.86. The van der Waals surface area contributed by atoms with Crippen LogP contribution in [0, 0.1) is 5.92 Å². The van der Waals surface area contributed by atoms with Gasteiger partial charge in [-0.05, 0) is 12.1 Å². The number of rotatable bonds is 2. The topological polar surface area (TPSA) is 50.9 Å². The molecule has 0 unspecified atom stereocenters. The quantitative estimate of drug-likeness (QED) is 0.784. The van der Waals surface area contributed by atoms with Gasteiger partial charge in [-0.2, -0.15) is 15.0 Å². The van der Waals surface area contributed by atoms with Gasteiger partial charge in [-0.25, -0.2) is 0 Å². The van der Waals surface area contributed by atoms with Gasteiger partial charge in [-0.1, -0.05) is 26.0 Å². The Hall–Kier alpha value is -1.42. The Morgan fingerprint density at radius 1 is 1.14 bits per heavy atom. The maximum atomic E-state index is 9.74. The summed E-state index contributed by atoms with van der Waals surface area (Å²) in [6.07, 6.45) is -0.651. The van der Waals surface area contributed by atoms with Gasteiger partial charge in [0.25, 0.3) is 0 Å². The van der Waals surface area contributed by atoms with E-state index in [1.807, 2.05) is 38.1 Å². The SMILES string of the molecule is CC(C)[C@@H](O)n1nc2ccccc2n1. The van der Waals surface area contributed by atoms with Crippen LogP contribution in [0.25, 0.3) is 11.0 Å². The molecule has 1 heterocycles. The average molecular weight is 191 g/mol. The number of fused-ring (bicyclic) bond motifs is 1. The normalized spacial score (nSPS) is 13.7. The molecule has 0 aliphatic carbocycles. The van der Waals surface area contributed by atoms with Gasteiger partial charge in [-0.3, -0.25) is 0 Å². The van der Waals surface area contributed by atoms with E-state index in [2.05, 4.69) is 10.2 Å². The largest absolute Gasteiger partial charge is 0.370 e. The number of hydrogen-bond acceptors (Lipinski definition) is 3. The molecule has 74 valence electrons. The second kappa shape index (κ2) is 3.38. The maximum Gasteiger partial charge on any atom is 0.168 e. The van der Waals surface area contributed by atoms with Crippen LogP contribution in [-0.4, -0.2) is 20.1 Å². The third-order valence-electron chi connectivity index (χ3n) is 2.14. The van der Waals surface area contributed by atoms with Crippen LogP contribution in [0.2, 0.25) is 0 Å². The molecule has 1 aromatic carbocycles. The summed E-state index contributed by atoms with van der Waals surface area (Å²) >= 11 is 0. The second-order valence-electron chi connectivity index (χ2n) is 3.67. The lowest BCUT2D eigenvalue weighted by Gasteiger charge is -2.12. The van der Waals surface area contributed by atoms with Gasteiger partial charge in [0.15, 0.2) is 6.23 Å². The van der Waals surface area contributed by atoms with E-state index in [0.717, 1.165) is 11.0 Å². The van der Waals surface area contributed by atoms with Crippen molar-refractivity contribution < 1.29 is 5.11 Å². The first-order valence-corrected chi connectivity index (χ1v) is 4.68. The predicted molar refractivity (Wildman–Crippen MR) is 53.6 cm³/mol. The van der Waals surface area contributed by atoms with Gasteiger partial charge in [0, 0.05) is 5.92 Å². The van der Waals surface area contributed by atoms with E-state index in [1.165, 1.54) is 4.80 Å². The van der Waals surface area contributed by atoms with Crippen LogP contribution in [0.1, 0.15) is 20.1 Å². The Morgan fingerprint density at radius 3 is 2.07 bits per heavy atom. The molecule has 0 bridgehead atoms.